The Bertz CT molecular complexity index is 1500. The molecule has 0 aromatic heterocycles. The molecule has 1 aliphatic heterocycles. The second-order valence-electron chi connectivity index (χ2n) is 8.49. The van der Waals surface area contributed by atoms with Crippen molar-refractivity contribution in [3.05, 3.63) is 124 Å². The van der Waals surface area contributed by atoms with Crippen LogP contribution in [0.5, 0.6) is 11.5 Å². The zero-order valence-electron chi connectivity index (χ0n) is 20.2. The van der Waals surface area contributed by atoms with Crippen molar-refractivity contribution in [3.63, 3.8) is 0 Å². The first-order valence-electron chi connectivity index (χ1n) is 11.6. The Hall–Kier alpha value is -4.00. The predicted molar refractivity (Wildman–Crippen MR) is 149 cm³/mol. The molecule has 1 heterocycles. The van der Waals surface area contributed by atoms with E-state index in [1.807, 2.05) is 74.5 Å². The molecule has 0 atom stereocenters. The van der Waals surface area contributed by atoms with Gasteiger partial charge in [0.05, 0.1) is 5.69 Å². The van der Waals surface area contributed by atoms with Crippen molar-refractivity contribution in [2.75, 3.05) is 10.2 Å². The summed E-state index contributed by atoms with van der Waals surface area (Å²) in [6, 6.07) is 29.3. The lowest BCUT2D eigenvalue weighted by atomic mass is 10.1. The minimum absolute atomic E-state index is 0.239. The lowest BCUT2D eigenvalue weighted by Gasteiger charge is -2.16. The van der Waals surface area contributed by atoms with Crippen LogP contribution in [0.25, 0.3) is 0 Å². The molecule has 37 heavy (non-hydrogen) atoms. The number of anilines is 2. The van der Waals surface area contributed by atoms with Gasteiger partial charge in [0.1, 0.15) is 22.1 Å². The third kappa shape index (κ3) is 5.26. The van der Waals surface area contributed by atoms with E-state index in [0.29, 0.717) is 27.1 Å². The minimum Gasteiger partial charge on any atom is -0.457 e. The molecular weight excluding hydrogens is 504 g/mol. The highest BCUT2D eigenvalue weighted by Crippen LogP contribution is 2.39. The number of ether oxygens (including phenoxy) is 1. The molecule has 1 aliphatic rings. The molecule has 184 valence electrons. The quantitative estimate of drug-likeness (QED) is 0.250. The third-order valence-corrected chi connectivity index (χ3v) is 7.36. The summed E-state index contributed by atoms with van der Waals surface area (Å²) in [5, 5.41) is 3.85. The maximum atomic E-state index is 13.7. The van der Waals surface area contributed by atoms with Crippen molar-refractivity contribution in [1.82, 2.24) is 0 Å². The van der Waals surface area contributed by atoms with E-state index < -0.39 is 11.8 Å². The Morgan fingerprint density at radius 3 is 2.14 bits per heavy atom. The summed E-state index contributed by atoms with van der Waals surface area (Å²) < 4.78 is 5.86. The van der Waals surface area contributed by atoms with Crippen LogP contribution >= 0.6 is 23.4 Å². The van der Waals surface area contributed by atoms with Crippen LogP contribution in [0.4, 0.5) is 11.4 Å². The van der Waals surface area contributed by atoms with Crippen LogP contribution in [0.2, 0.25) is 5.02 Å². The summed E-state index contributed by atoms with van der Waals surface area (Å²) in [6.07, 6.45) is 0. The number of imide groups is 1. The molecule has 0 spiro atoms. The number of rotatable bonds is 7. The number of halogens is 1. The zero-order chi connectivity index (χ0) is 25.9. The van der Waals surface area contributed by atoms with Crippen molar-refractivity contribution in [2.24, 2.45) is 0 Å². The predicted octanol–water partition coefficient (Wildman–Crippen LogP) is 7.74. The van der Waals surface area contributed by atoms with E-state index in [2.05, 4.69) is 5.32 Å². The Morgan fingerprint density at radius 1 is 0.757 bits per heavy atom. The highest BCUT2D eigenvalue weighted by molar-refractivity contribution is 8.04. The van der Waals surface area contributed by atoms with E-state index >= 15 is 0 Å². The standard InChI is InChI=1S/C30H23ClN2O3S/c1-19-7-6-10-26(20(19)2)32-27-28(37-25-17-11-21(31)12-18-25)30(35)33(29(27)34)22-13-15-24(16-14-22)36-23-8-4-3-5-9-23/h3-18,32H,1-2H3. The second kappa shape index (κ2) is 10.5. The van der Waals surface area contributed by atoms with Crippen molar-refractivity contribution in [2.45, 2.75) is 18.7 Å². The van der Waals surface area contributed by atoms with Gasteiger partial charge in [-0.25, -0.2) is 4.90 Å². The Balaban J connectivity index is 1.47. The third-order valence-electron chi connectivity index (χ3n) is 6.01. The van der Waals surface area contributed by atoms with Crippen LogP contribution in [-0.2, 0) is 9.59 Å². The number of hydrogen-bond acceptors (Lipinski definition) is 5. The molecule has 0 aliphatic carbocycles. The average molecular weight is 527 g/mol. The van der Waals surface area contributed by atoms with Crippen LogP contribution in [0.3, 0.4) is 0 Å². The lowest BCUT2D eigenvalue weighted by Crippen LogP contribution is -2.32. The number of thioether (sulfide) groups is 1. The van der Waals surface area contributed by atoms with Crippen molar-refractivity contribution in [1.29, 1.82) is 0 Å². The number of carbonyl (C=O) groups excluding carboxylic acids is 2. The highest BCUT2D eigenvalue weighted by Gasteiger charge is 2.40. The molecule has 4 aromatic rings. The van der Waals surface area contributed by atoms with Gasteiger partial charge in [-0.3, -0.25) is 9.59 Å². The number of carbonyl (C=O) groups is 2. The molecule has 7 heteroatoms. The molecular formula is C30H23ClN2O3S. The van der Waals surface area contributed by atoms with Crippen LogP contribution in [0.1, 0.15) is 11.1 Å². The van der Waals surface area contributed by atoms with Gasteiger partial charge < -0.3 is 10.1 Å². The number of nitrogens with one attached hydrogen (secondary N) is 1. The first-order valence-corrected chi connectivity index (χ1v) is 12.8. The average Bonchev–Trinajstić information content (AvgIpc) is 3.13. The van der Waals surface area contributed by atoms with Gasteiger partial charge in [-0.1, -0.05) is 53.7 Å². The zero-order valence-corrected chi connectivity index (χ0v) is 21.8. The van der Waals surface area contributed by atoms with Crippen molar-refractivity contribution >= 4 is 46.6 Å². The van der Waals surface area contributed by atoms with Gasteiger partial charge in [-0.2, -0.15) is 0 Å². The number of hydrogen-bond donors (Lipinski definition) is 1. The van der Waals surface area contributed by atoms with Crippen LogP contribution in [-0.4, -0.2) is 11.8 Å². The first kappa shape index (κ1) is 24.7. The van der Waals surface area contributed by atoms with E-state index in [0.717, 1.165) is 21.7 Å². The summed E-state index contributed by atoms with van der Waals surface area (Å²) in [4.78, 5) is 29.6. The maximum absolute atomic E-state index is 13.7. The normalized spacial score (nSPS) is 13.3. The molecule has 2 amide bonds. The Morgan fingerprint density at radius 2 is 1.43 bits per heavy atom. The van der Waals surface area contributed by atoms with Crippen LogP contribution < -0.4 is 15.0 Å². The van der Waals surface area contributed by atoms with Gasteiger partial charge in [0, 0.05) is 15.6 Å². The van der Waals surface area contributed by atoms with E-state index in [4.69, 9.17) is 16.3 Å². The molecule has 5 nitrogen and oxygen atoms in total. The van der Waals surface area contributed by atoms with Gasteiger partial charge in [0.15, 0.2) is 0 Å². The van der Waals surface area contributed by atoms with Gasteiger partial charge in [-0.15, -0.1) is 0 Å². The lowest BCUT2D eigenvalue weighted by molar-refractivity contribution is -0.120. The van der Waals surface area contributed by atoms with Gasteiger partial charge in [-0.05, 0) is 91.7 Å². The van der Waals surface area contributed by atoms with E-state index in [1.165, 1.54) is 16.7 Å². The highest BCUT2D eigenvalue weighted by atomic mass is 35.5. The molecule has 0 radical (unpaired) electrons. The summed E-state index contributed by atoms with van der Waals surface area (Å²) in [7, 11) is 0. The molecule has 5 rings (SSSR count). The fraction of sp³-hybridized carbons (Fsp3) is 0.0667. The monoisotopic (exact) mass is 526 g/mol. The van der Waals surface area contributed by atoms with E-state index in [1.54, 1.807) is 36.4 Å². The molecule has 1 N–H and O–H groups in total. The number of benzene rings is 4. The summed E-state index contributed by atoms with van der Waals surface area (Å²) >= 11 is 7.28. The largest absolute Gasteiger partial charge is 0.457 e. The number of aryl methyl sites for hydroxylation is 1. The van der Waals surface area contributed by atoms with E-state index in [9.17, 15) is 9.59 Å². The Labute approximate surface area is 224 Å². The fourth-order valence-electron chi connectivity index (χ4n) is 3.88. The van der Waals surface area contributed by atoms with Gasteiger partial charge in [0.2, 0.25) is 0 Å². The molecule has 0 saturated carbocycles. The Kier molecular flexibility index (Phi) is 7.04. The molecule has 0 saturated heterocycles. The first-order chi connectivity index (χ1) is 17.9. The van der Waals surface area contributed by atoms with Crippen molar-refractivity contribution in [3.8, 4) is 11.5 Å². The summed E-state index contributed by atoms with van der Waals surface area (Å²) in [6.45, 7) is 3.99. The van der Waals surface area contributed by atoms with Crippen LogP contribution in [0.15, 0.2) is 113 Å². The topological polar surface area (TPSA) is 58.6 Å². The molecule has 0 unspecified atom stereocenters. The molecule has 0 fully saturated rings. The number of nitrogens with zero attached hydrogens (tertiary/aromatic N) is 1. The second-order valence-corrected chi connectivity index (χ2v) is 10.0. The summed E-state index contributed by atoms with van der Waals surface area (Å²) in [5.74, 6) is 0.493. The van der Waals surface area contributed by atoms with Crippen molar-refractivity contribution < 1.29 is 14.3 Å². The smallest absolute Gasteiger partial charge is 0.283 e. The minimum atomic E-state index is -0.418. The summed E-state index contributed by atoms with van der Waals surface area (Å²) in [5.41, 5.74) is 3.57. The SMILES string of the molecule is Cc1cccc(NC2=C(Sc3ccc(Cl)cc3)C(=O)N(c3ccc(Oc4ccccc4)cc3)C2=O)c1C. The molecule has 4 aromatic carbocycles. The molecule has 0 bridgehead atoms. The number of para-hydroxylation sites is 1. The maximum Gasteiger partial charge on any atom is 0.283 e. The van der Waals surface area contributed by atoms with E-state index in [-0.39, 0.29) is 5.70 Å². The number of amides is 2. The van der Waals surface area contributed by atoms with Gasteiger partial charge in [0.25, 0.3) is 11.8 Å². The van der Waals surface area contributed by atoms with Gasteiger partial charge >= 0.3 is 0 Å². The van der Waals surface area contributed by atoms with Crippen LogP contribution in [0, 0.1) is 13.8 Å². The fourth-order valence-corrected chi connectivity index (χ4v) is 4.93.